The van der Waals surface area contributed by atoms with Gasteiger partial charge in [0.25, 0.3) is 10.1 Å². The molecule has 7 rings (SSSR count). The number of unbranched alkanes of at least 4 members (excludes halogenated alkanes) is 3. The average Bonchev–Trinajstić information content (AvgIpc) is 1.45. The second-order valence-corrected chi connectivity index (χ2v) is 29.3. The van der Waals surface area contributed by atoms with E-state index in [1.807, 2.05) is 84.8 Å². The summed E-state index contributed by atoms with van der Waals surface area (Å²) in [6.07, 6.45) is 6.48. The number of para-hydroxylation sites is 2. The SMILES string of the molecule is CN1/C(=C/C2=C(N3CCCC3C(=O)NC(=O)CCCCC(=O)NC(CS(=O)(=O)O)C(=O)NCCCCC(=O)NC(CCP(=O)(O)O)C(=O)NCCCCC(=O)NCCSSc3ccccn3)C(=C/C3=Nc4ccccc4C3(C)C)/C2=O)C(C)(C)c2ccccc21. The minimum atomic E-state index is -4.78. The van der Waals surface area contributed by atoms with Crippen molar-refractivity contribution in [2.45, 2.75) is 145 Å². The Labute approximate surface area is 532 Å². The number of likely N-dealkylation sites (tertiary alicyclic amines) is 1. The fourth-order valence-electron chi connectivity index (χ4n) is 11.2. The third-order valence-corrected chi connectivity index (χ3v) is 19.9. The van der Waals surface area contributed by atoms with Crippen LogP contribution in [0, 0.1) is 0 Å². The van der Waals surface area contributed by atoms with Crippen molar-refractivity contribution in [3.8, 4) is 0 Å². The normalized spacial score (nSPS) is 18.1. The van der Waals surface area contributed by atoms with Crippen molar-refractivity contribution in [2.75, 3.05) is 55.8 Å². The zero-order chi connectivity index (χ0) is 65.4. The van der Waals surface area contributed by atoms with Crippen LogP contribution in [-0.4, -0.2) is 155 Å². The molecule has 486 valence electrons. The largest absolute Gasteiger partial charge is 0.358 e. The highest BCUT2D eigenvalue weighted by Gasteiger charge is 2.46. The van der Waals surface area contributed by atoms with Crippen LogP contribution in [0.4, 0.5) is 11.4 Å². The van der Waals surface area contributed by atoms with E-state index in [4.69, 9.17) is 4.99 Å². The van der Waals surface area contributed by atoms with Gasteiger partial charge in [0.15, 0.2) is 5.78 Å². The summed E-state index contributed by atoms with van der Waals surface area (Å²) >= 11 is 0. The fraction of sp³-hybridized carbons (Fsp3) is 0.484. The van der Waals surface area contributed by atoms with Crippen molar-refractivity contribution >= 4 is 104 Å². The van der Waals surface area contributed by atoms with Crippen molar-refractivity contribution in [2.24, 2.45) is 4.99 Å². The Hall–Kier alpha value is -7.00. The average molecular weight is 1320 g/mol. The second-order valence-electron chi connectivity index (χ2n) is 23.6. The van der Waals surface area contributed by atoms with Gasteiger partial charge in [0.2, 0.25) is 41.4 Å². The van der Waals surface area contributed by atoms with Crippen molar-refractivity contribution in [1.29, 1.82) is 0 Å². The minimum Gasteiger partial charge on any atom is -0.358 e. The number of Topliss-reactive ketones (excluding diaryl/α,β-unsaturated/α-hetero) is 1. The molecule has 1 aliphatic carbocycles. The Balaban J connectivity index is 0.841. The van der Waals surface area contributed by atoms with Gasteiger partial charge >= 0.3 is 7.60 Å². The zero-order valence-electron chi connectivity index (χ0n) is 51.3. The van der Waals surface area contributed by atoms with E-state index < -0.39 is 94.0 Å². The topological polar surface area (TPSA) is 352 Å². The van der Waals surface area contributed by atoms with Crippen LogP contribution < -0.4 is 36.8 Å². The Bertz CT molecular complexity index is 3480. The quantitative estimate of drug-likeness (QED) is 0.0115. The number of nitrogens with one attached hydrogen (secondary N) is 6. The number of carbonyl (C=O) groups is 8. The van der Waals surface area contributed by atoms with E-state index in [2.05, 4.69) is 75.5 Å². The van der Waals surface area contributed by atoms with Gasteiger partial charge in [-0.25, -0.2) is 4.98 Å². The van der Waals surface area contributed by atoms with Crippen LogP contribution in [0.3, 0.4) is 0 Å². The fourth-order valence-corrected chi connectivity index (χ4v) is 14.3. The lowest BCUT2D eigenvalue weighted by Gasteiger charge is -2.37. The highest BCUT2D eigenvalue weighted by atomic mass is 33.1. The number of anilines is 1. The number of aliphatic imine (C=N–C) groups is 1. The lowest BCUT2D eigenvalue weighted by molar-refractivity contribution is -0.133. The van der Waals surface area contributed by atoms with Crippen LogP contribution in [-0.2, 0) is 63.9 Å². The van der Waals surface area contributed by atoms with Crippen molar-refractivity contribution < 1.29 is 65.7 Å². The second kappa shape index (κ2) is 31.8. The summed E-state index contributed by atoms with van der Waals surface area (Å²) in [5.74, 6) is -4.94. The molecule has 4 aliphatic rings. The number of benzene rings is 2. The molecule has 1 saturated heterocycles. The van der Waals surface area contributed by atoms with E-state index in [1.54, 1.807) is 17.0 Å². The predicted molar refractivity (Wildman–Crippen MR) is 345 cm³/mol. The number of ketones is 1. The molecule has 90 heavy (non-hydrogen) atoms. The number of pyridine rings is 1. The molecule has 1 aromatic heterocycles. The first-order valence-electron chi connectivity index (χ1n) is 30.1. The number of imide groups is 1. The van der Waals surface area contributed by atoms with Gasteiger partial charge in [-0.2, -0.15) is 8.42 Å². The monoisotopic (exact) mass is 1320 g/mol. The van der Waals surface area contributed by atoms with E-state index >= 15 is 0 Å². The summed E-state index contributed by atoms with van der Waals surface area (Å²) in [6.45, 7) is 9.27. The molecular weight excluding hydrogens is 1240 g/mol. The standard InChI is InChI=1S/C62H81N10O14PS3/c1-61(2)42-19-6-8-21-44(42)67-49(61)37-40-56(41(57(40)77)38-50-62(3,4)43-20-7-9-22-47(43)71(50)5)72-34-18-23-48(72)60(80)70-54(76)26-11-10-25-53(75)69-46(39-90(84,85)86)59(79)66-32-16-13-27-52(74)68-45(29-35-87(81,82)83)58(78)65-31-15-12-24-51(73)63-33-36-88-89-55-28-14-17-30-64-55/h6-9,14,17,19-22,28,30,37-38,45-46,48H,10-13,15-16,18,23-27,29,31-36,39H2,1-5H3,(H,63,73)(H,65,78)(H,66,79)(H,68,74)(H,69,75)(H,70,76,80)(H2,81,82,83)(H,84,85,86)/b40-37-,50-38+. The number of allylic oxidation sites excluding steroid dienone is 5. The minimum absolute atomic E-state index is 0.0954. The van der Waals surface area contributed by atoms with Gasteiger partial charge < -0.3 is 46.2 Å². The van der Waals surface area contributed by atoms with Gasteiger partial charge in [-0.1, -0.05) is 81.0 Å². The van der Waals surface area contributed by atoms with Crippen LogP contribution in [0.1, 0.15) is 122 Å². The highest BCUT2D eigenvalue weighted by molar-refractivity contribution is 8.76. The summed E-state index contributed by atoms with van der Waals surface area (Å²) in [4.78, 5) is 138. The first-order chi connectivity index (χ1) is 42.6. The van der Waals surface area contributed by atoms with E-state index in [9.17, 15) is 65.7 Å². The van der Waals surface area contributed by atoms with Crippen molar-refractivity contribution in [3.05, 3.63) is 119 Å². The van der Waals surface area contributed by atoms with Crippen LogP contribution >= 0.6 is 29.2 Å². The molecule has 0 spiro atoms. The van der Waals surface area contributed by atoms with Crippen LogP contribution in [0.5, 0.6) is 0 Å². The zero-order valence-corrected chi connectivity index (χ0v) is 54.6. The summed E-state index contributed by atoms with van der Waals surface area (Å²) < 4.78 is 45.1. The molecule has 24 nitrogen and oxygen atoms in total. The molecule has 3 atom stereocenters. The Morgan fingerprint density at radius 1 is 0.744 bits per heavy atom. The highest BCUT2D eigenvalue weighted by Crippen LogP contribution is 2.50. The number of nitrogens with zero attached hydrogens (tertiary/aromatic N) is 4. The molecule has 0 radical (unpaired) electrons. The molecule has 3 aliphatic heterocycles. The van der Waals surface area contributed by atoms with Crippen molar-refractivity contribution in [3.63, 3.8) is 0 Å². The Kier molecular flexibility index (Phi) is 24.9. The van der Waals surface area contributed by atoms with Gasteiger partial charge in [0, 0.05) is 104 Å². The molecule has 0 bridgehead atoms. The first-order valence-corrected chi connectivity index (χ1v) is 35.8. The molecule has 28 heteroatoms. The molecule has 9 N–H and O–H groups in total. The first kappa shape index (κ1) is 70.5. The van der Waals surface area contributed by atoms with Crippen LogP contribution in [0.2, 0.25) is 0 Å². The third kappa shape index (κ3) is 19.5. The number of fused-ring (bicyclic) bond motifs is 2. The number of amides is 7. The van der Waals surface area contributed by atoms with Gasteiger partial charge in [0.05, 0.1) is 23.3 Å². The Morgan fingerprint density at radius 2 is 1.34 bits per heavy atom. The third-order valence-electron chi connectivity index (χ3n) is 16.1. The molecular formula is C62H81N10O14PS3. The molecule has 7 amide bonds. The number of hydrogen-bond acceptors (Lipinski definition) is 17. The smallest absolute Gasteiger partial charge is 0.325 e. The molecule has 2 aromatic carbocycles. The van der Waals surface area contributed by atoms with Gasteiger partial charge in [-0.05, 0) is 116 Å². The van der Waals surface area contributed by atoms with Crippen LogP contribution in [0.25, 0.3) is 0 Å². The van der Waals surface area contributed by atoms with E-state index in [1.165, 1.54) is 10.8 Å². The van der Waals surface area contributed by atoms with E-state index in [0.29, 0.717) is 67.1 Å². The van der Waals surface area contributed by atoms with E-state index in [-0.39, 0.29) is 82.6 Å². The van der Waals surface area contributed by atoms with E-state index in [0.717, 1.165) is 33.2 Å². The molecule has 3 aromatic rings. The van der Waals surface area contributed by atoms with Gasteiger partial charge in [-0.3, -0.25) is 57.8 Å². The predicted octanol–water partition coefficient (Wildman–Crippen LogP) is 5.74. The van der Waals surface area contributed by atoms with Gasteiger partial charge in [0.1, 0.15) is 28.9 Å². The van der Waals surface area contributed by atoms with Crippen LogP contribution in [0.15, 0.2) is 118 Å². The lowest BCUT2D eigenvalue weighted by atomic mass is 9.76. The number of hydrogen-bond donors (Lipinski definition) is 9. The molecule has 3 unspecified atom stereocenters. The number of aromatic nitrogens is 1. The van der Waals surface area contributed by atoms with Crippen molar-refractivity contribution in [1.82, 2.24) is 41.8 Å². The summed E-state index contributed by atoms with van der Waals surface area (Å²) in [5.41, 5.74) is 6.12. The number of likely N-dealkylation sites (N-methyl/N-ethyl adjacent to an activating group) is 1. The number of rotatable bonds is 33. The summed E-state index contributed by atoms with van der Waals surface area (Å²) in [6, 6.07) is 17.7. The maximum Gasteiger partial charge on any atom is 0.325 e. The molecule has 1 fully saturated rings. The van der Waals surface area contributed by atoms with Gasteiger partial charge in [-0.15, -0.1) is 0 Å². The number of carbonyl (C=O) groups excluding carboxylic acids is 8. The summed E-state index contributed by atoms with van der Waals surface area (Å²) in [7, 11) is -4.29. The molecule has 0 saturated carbocycles. The molecule has 4 heterocycles. The maximum atomic E-state index is 14.5. The maximum absolute atomic E-state index is 14.5. The Morgan fingerprint density at radius 3 is 1.98 bits per heavy atom. The summed E-state index contributed by atoms with van der Waals surface area (Å²) in [5, 5.41) is 16.1. The lowest BCUT2D eigenvalue weighted by Crippen LogP contribution is -2.50.